The highest BCUT2D eigenvalue weighted by atomic mass is 16.5. The number of H-pyrrole nitrogens is 1. The summed E-state index contributed by atoms with van der Waals surface area (Å²) in [5.74, 6) is 2.93. The Balaban J connectivity index is 1.34. The third-order valence-corrected chi connectivity index (χ3v) is 9.49. The van der Waals surface area contributed by atoms with Gasteiger partial charge in [-0.2, -0.15) is 5.26 Å². The Hall–Kier alpha value is -3.58. The van der Waals surface area contributed by atoms with Crippen LogP contribution in [0.2, 0.25) is 0 Å². The smallest absolute Gasteiger partial charge is 0.195 e. The number of hydrogen-bond acceptors (Lipinski definition) is 5. The fourth-order valence-corrected chi connectivity index (χ4v) is 7.50. The number of fused-ring (bicyclic) bond motifs is 6. The van der Waals surface area contributed by atoms with Crippen LogP contribution < -0.4 is 4.90 Å². The van der Waals surface area contributed by atoms with E-state index in [1.165, 1.54) is 25.9 Å². The second-order valence-electron chi connectivity index (χ2n) is 11.3. The molecule has 1 aliphatic carbocycles. The number of ketones is 1. The summed E-state index contributed by atoms with van der Waals surface area (Å²) in [5, 5.41) is 10.3. The van der Waals surface area contributed by atoms with Gasteiger partial charge in [0.25, 0.3) is 0 Å². The minimum absolute atomic E-state index is 0.0128. The van der Waals surface area contributed by atoms with Gasteiger partial charge in [-0.3, -0.25) is 4.79 Å². The van der Waals surface area contributed by atoms with Crippen molar-refractivity contribution >= 4 is 22.4 Å². The van der Waals surface area contributed by atoms with Gasteiger partial charge in [0.05, 0.1) is 22.9 Å². The van der Waals surface area contributed by atoms with Gasteiger partial charge in [0.1, 0.15) is 0 Å². The number of carbonyl (C=O) groups is 1. The van der Waals surface area contributed by atoms with Crippen LogP contribution in [0, 0.1) is 23.7 Å². The molecule has 3 aliphatic heterocycles. The number of aromatic amines is 1. The highest BCUT2D eigenvalue weighted by molar-refractivity contribution is 6.20. The lowest BCUT2D eigenvalue weighted by molar-refractivity contribution is 0.0602. The molecule has 0 atom stereocenters. The van der Waals surface area contributed by atoms with Crippen molar-refractivity contribution < 1.29 is 9.53 Å². The number of likely N-dealkylation sites (tertiary alicyclic amines) is 1. The molecule has 4 heterocycles. The number of benzene rings is 2. The van der Waals surface area contributed by atoms with Crippen LogP contribution in [0.15, 0.2) is 30.3 Å². The zero-order valence-electron chi connectivity index (χ0n) is 21.7. The van der Waals surface area contributed by atoms with E-state index in [9.17, 15) is 10.1 Å². The van der Waals surface area contributed by atoms with E-state index in [0.29, 0.717) is 30.4 Å². The van der Waals surface area contributed by atoms with Crippen molar-refractivity contribution in [2.45, 2.75) is 50.0 Å². The minimum Gasteiger partial charge on any atom is -0.381 e. The largest absolute Gasteiger partial charge is 0.381 e. The van der Waals surface area contributed by atoms with Gasteiger partial charge in [-0.05, 0) is 81.4 Å². The first kappa shape index (κ1) is 23.5. The van der Waals surface area contributed by atoms with E-state index in [1.807, 2.05) is 18.2 Å². The Morgan fingerprint density at radius 2 is 1.82 bits per heavy atom. The summed E-state index contributed by atoms with van der Waals surface area (Å²) in [4.78, 5) is 22.8. The number of ether oxygens (including phenoxy) is 1. The average Bonchev–Trinajstić information content (AvgIpc) is 3.65. The Labute approximate surface area is 223 Å². The molecular formula is C32H32N4O2. The average molecular weight is 505 g/mol. The van der Waals surface area contributed by atoms with Crippen LogP contribution in [0.25, 0.3) is 10.9 Å². The number of carbonyl (C=O) groups excluding carboxylic acids is 1. The number of nitrogens with zero attached hydrogens (tertiary/aromatic N) is 3. The molecule has 0 bridgehead atoms. The first-order valence-corrected chi connectivity index (χ1v) is 14.0. The molecule has 6 heteroatoms. The molecule has 0 saturated carbocycles. The van der Waals surface area contributed by atoms with Crippen LogP contribution in [0.5, 0.6) is 0 Å². The van der Waals surface area contributed by atoms with Crippen molar-refractivity contribution in [3.8, 4) is 18.4 Å². The number of anilines is 1. The number of nitriles is 1. The number of nitrogens with one attached hydrogen (secondary N) is 1. The summed E-state index contributed by atoms with van der Waals surface area (Å²) in [6.45, 7) is 5.70. The first-order valence-electron chi connectivity index (χ1n) is 14.0. The molecule has 1 N–H and O–H groups in total. The zero-order valence-corrected chi connectivity index (χ0v) is 21.7. The van der Waals surface area contributed by atoms with E-state index in [-0.39, 0.29) is 11.2 Å². The normalized spacial score (nSPS) is 21.3. The van der Waals surface area contributed by atoms with Crippen molar-refractivity contribution in [1.82, 2.24) is 9.88 Å². The highest BCUT2D eigenvalue weighted by Gasteiger charge is 2.47. The molecule has 3 saturated heterocycles. The summed E-state index contributed by atoms with van der Waals surface area (Å²) in [6.07, 6.45) is 12.6. The molecule has 192 valence electrons. The van der Waals surface area contributed by atoms with Gasteiger partial charge >= 0.3 is 0 Å². The van der Waals surface area contributed by atoms with Crippen molar-refractivity contribution in [3.05, 3.63) is 63.8 Å². The number of hydrogen-bond donors (Lipinski definition) is 1. The van der Waals surface area contributed by atoms with Crippen LogP contribution in [0.1, 0.15) is 76.8 Å². The molecule has 1 spiro atoms. The molecule has 3 fully saturated rings. The van der Waals surface area contributed by atoms with Crippen LogP contribution in [0.4, 0.5) is 5.69 Å². The Morgan fingerprint density at radius 3 is 2.53 bits per heavy atom. The molecule has 0 radical (unpaired) electrons. The van der Waals surface area contributed by atoms with E-state index < -0.39 is 0 Å². The van der Waals surface area contributed by atoms with Crippen molar-refractivity contribution in [2.24, 2.45) is 0 Å². The molecule has 4 aliphatic rings. The molecule has 3 aromatic rings. The topological polar surface area (TPSA) is 72.4 Å². The standard InChI is InChI=1S/C32H32N4O2/c1-2-22-18-25-26(19-28(22)36-13-7-23(8-14-36)35-11-3-4-12-35)32(9-15-38-16-10-32)31-29(30(25)37)24-6-5-21(20-33)17-27(24)34-31/h1,5-6,17-19,23,34H,3-4,7-16H2. The Morgan fingerprint density at radius 1 is 1.05 bits per heavy atom. The predicted octanol–water partition coefficient (Wildman–Crippen LogP) is 4.73. The summed E-state index contributed by atoms with van der Waals surface area (Å²) in [7, 11) is 0. The second-order valence-corrected chi connectivity index (χ2v) is 11.3. The number of rotatable bonds is 2. The number of aromatic nitrogens is 1. The van der Waals surface area contributed by atoms with E-state index >= 15 is 0 Å². The van der Waals surface area contributed by atoms with E-state index in [4.69, 9.17) is 11.2 Å². The second kappa shape index (κ2) is 9.02. The summed E-state index contributed by atoms with van der Waals surface area (Å²) >= 11 is 0. The Kier molecular flexibility index (Phi) is 5.58. The van der Waals surface area contributed by atoms with E-state index in [2.05, 4.69) is 32.8 Å². The van der Waals surface area contributed by atoms with Gasteiger partial charge in [0.15, 0.2) is 5.78 Å². The van der Waals surface area contributed by atoms with Gasteiger partial charge in [-0.25, -0.2) is 0 Å². The lowest BCUT2D eigenvalue weighted by Gasteiger charge is -2.43. The van der Waals surface area contributed by atoms with Gasteiger partial charge in [-0.1, -0.05) is 12.0 Å². The molecule has 7 rings (SSSR count). The highest BCUT2D eigenvalue weighted by Crippen LogP contribution is 2.51. The number of piperidine rings is 1. The SMILES string of the molecule is C#Cc1cc2c(cc1N1CCC(N3CCCC3)CC1)C1(CCOCC1)c1[nH]c3cc(C#N)ccc3c1C2=O. The molecule has 0 amide bonds. The molecule has 2 aromatic carbocycles. The van der Waals surface area contributed by atoms with Crippen LogP contribution >= 0.6 is 0 Å². The lowest BCUT2D eigenvalue weighted by atomic mass is 9.64. The van der Waals surface area contributed by atoms with Gasteiger partial charge in [-0.15, -0.1) is 6.42 Å². The molecule has 38 heavy (non-hydrogen) atoms. The molecular weight excluding hydrogens is 472 g/mol. The fraction of sp³-hybridized carbons (Fsp3) is 0.438. The maximum absolute atomic E-state index is 14.1. The monoisotopic (exact) mass is 504 g/mol. The minimum atomic E-state index is -0.349. The Bertz CT molecular complexity index is 1520. The molecule has 6 nitrogen and oxygen atoms in total. The van der Waals surface area contributed by atoms with Gasteiger partial charge in [0.2, 0.25) is 0 Å². The third-order valence-electron chi connectivity index (χ3n) is 9.49. The predicted molar refractivity (Wildman–Crippen MR) is 148 cm³/mol. The zero-order chi connectivity index (χ0) is 25.9. The number of terminal acetylenes is 1. The van der Waals surface area contributed by atoms with Crippen LogP contribution in [0.3, 0.4) is 0 Å². The van der Waals surface area contributed by atoms with Gasteiger partial charge in [0, 0.05) is 65.5 Å². The van der Waals surface area contributed by atoms with Gasteiger partial charge < -0.3 is 19.5 Å². The summed E-state index contributed by atoms with van der Waals surface area (Å²) in [6, 6.07) is 12.6. The fourth-order valence-electron chi connectivity index (χ4n) is 7.50. The first-order chi connectivity index (χ1) is 18.6. The summed E-state index contributed by atoms with van der Waals surface area (Å²) < 4.78 is 5.83. The van der Waals surface area contributed by atoms with Crippen LogP contribution in [-0.4, -0.2) is 61.1 Å². The van der Waals surface area contributed by atoms with Crippen molar-refractivity contribution in [3.63, 3.8) is 0 Å². The maximum atomic E-state index is 14.1. The quantitative estimate of drug-likeness (QED) is 0.511. The maximum Gasteiger partial charge on any atom is 0.195 e. The summed E-state index contributed by atoms with van der Waals surface area (Å²) in [5.41, 5.74) is 6.42. The van der Waals surface area contributed by atoms with E-state index in [0.717, 1.165) is 77.7 Å². The van der Waals surface area contributed by atoms with Crippen LogP contribution in [-0.2, 0) is 10.2 Å². The van der Waals surface area contributed by atoms with E-state index in [1.54, 1.807) is 6.07 Å². The molecule has 0 unspecified atom stereocenters. The van der Waals surface area contributed by atoms with Crippen molar-refractivity contribution in [2.75, 3.05) is 44.3 Å². The van der Waals surface area contributed by atoms with Crippen molar-refractivity contribution in [1.29, 1.82) is 5.26 Å². The third kappa shape index (κ3) is 3.44. The lowest BCUT2D eigenvalue weighted by Crippen LogP contribution is -2.44. The molecule has 1 aromatic heterocycles.